The highest BCUT2D eigenvalue weighted by molar-refractivity contribution is 7.90. The molecular formula is C16H13ClN2O5S. The fourth-order valence-electron chi connectivity index (χ4n) is 2.33. The summed E-state index contributed by atoms with van der Waals surface area (Å²) in [7, 11) is -3.44. The van der Waals surface area contributed by atoms with Gasteiger partial charge in [0, 0.05) is 6.26 Å². The molecule has 0 unspecified atom stereocenters. The Hall–Kier alpha value is -2.58. The molecule has 0 saturated carbocycles. The van der Waals surface area contributed by atoms with Gasteiger partial charge in [-0.15, -0.1) is 0 Å². The summed E-state index contributed by atoms with van der Waals surface area (Å²) in [6.45, 7) is -0.296. The Morgan fingerprint density at radius 3 is 2.68 bits per heavy atom. The minimum atomic E-state index is -3.44. The lowest BCUT2D eigenvalue weighted by atomic mass is 10.3. The minimum Gasteiger partial charge on any atom is -0.408 e. The lowest BCUT2D eigenvalue weighted by Gasteiger charge is -2.09. The first kappa shape index (κ1) is 17.2. The molecule has 0 aliphatic carbocycles. The third-order valence-electron chi connectivity index (χ3n) is 3.52. The van der Waals surface area contributed by atoms with Crippen LogP contribution in [0, 0.1) is 0 Å². The van der Waals surface area contributed by atoms with Crippen molar-refractivity contribution >= 4 is 44.1 Å². The first-order chi connectivity index (χ1) is 11.8. The van der Waals surface area contributed by atoms with E-state index in [-0.39, 0.29) is 22.2 Å². The second-order valence-corrected chi connectivity index (χ2v) is 7.81. The Morgan fingerprint density at radius 1 is 1.24 bits per heavy atom. The summed E-state index contributed by atoms with van der Waals surface area (Å²) in [5.41, 5.74) is 1.01. The van der Waals surface area contributed by atoms with E-state index in [1.165, 1.54) is 22.8 Å². The molecule has 0 radical (unpaired) electrons. The number of carbonyl (C=O) groups excluding carboxylic acids is 1. The van der Waals surface area contributed by atoms with E-state index < -0.39 is 21.5 Å². The summed E-state index contributed by atoms with van der Waals surface area (Å²) in [6, 6.07) is 10.7. The lowest BCUT2D eigenvalue weighted by molar-refractivity contribution is -0.116. The average molecular weight is 381 g/mol. The van der Waals surface area contributed by atoms with Crippen LogP contribution >= 0.6 is 11.6 Å². The van der Waals surface area contributed by atoms with Gasteiger partial charge >= 0.3 is 5.76 Å². The van der Waals surface area contributed by atoms with Crippen LogP contribution in [0.5, 0.6) is 0 Å². The molecule has 7 nitrogen and oxygen atoms in total. The molecule has 0 fully saturated rings. The number of hydrogen-bond acceptors (Lipinski definition) is 5. The van der Waals surface area contributed by atoms with Crippen molar-refractivity contribution in [1.82, 2.24) is 4.57 Å². The Bertz CT molecular complexity index is 1130. The molecular weight excluding hydrogens is 368 g/mol. The third-order valence-corrected chi connectivity index (χ3v) is 4.96. The SMILES string of the molecule is CS(=O)(=O)c1ccc(Cl)c(NC(=O)Cn2c(=O)oc3ccccc32)c1. The normalized spacial score (nSPS) is 11.6. The summed E-state index contributed by atoms with van der Waals surface area (Å²) in [6.07, 6.45) is 1.05. The highest BCUT2D eigenvalue weighted by Crippen LogP contribution is 2.25. The standard InChI is InChI=1S/C16H13ClN2O5S/c1-25(22,23)10-6-7-11(17)12(8-10)18-15(20)9-19-13-4-2-3-5-14(13)24-16(19)21/h2-8H,9H2,1H3,(H,18,20). The van der Waals surface area contributed by atoms with Gasteiger partial charge in [0.2, 0.25) is 5.91 Å². The van der Waals surface area contributed by atoms with Crippen molar-refractivity contribution in [2.45, 2.75) is 11.4 Å². The van der Waals surface area contributed by atoms with Crippen molar-refractivity contribution in [3.05, 3.63) is 58.0 Å². The molecule has 0 bridgehead atoms. The van der Waals surface area contributed by atoms with E-state index in [2.05, 4.69) is 5.32 Å². The number of oxazole rings is 1. The van der Waals surface area contributed by atoms with Crippen molar-refractivity contribution in [3.63, 3.8) is 0 Å². The number of para-hydroxylation sites is 2. The fraction of sp³-hybridized carbons (Fsp3) is 0.125. The zero-order valence-corrected chi connectivity index (χ0v) is 14.6. The predicted molar refractivity (Wildman–Crippen MR) is 93.7 cm³/mol. The van der Waals surface area contributed by atoms with Crippen molar-refractivity contribution in [2.24, 2.45) is 0 Å². The molecule has 0 aliphatic heterocycles. The molecule has 0 aliphatic rings. The molecule has 1 amide bonds. The van der Waals surface area contributed by atoms with Crippen LogP contribution in [0.3, 0.4) is 0 Å². The zero-order valence-electron chi connectivity index (χ0n) is 13.0. The maximum absolute atomic E-state index is 12.3. The van der Waals surface area contributed by atoms with Crippen molar-refractivity contribution in [2.75, 3.05) is 11.6 Å². The lowest BCUT2D eigenvalue weighted by Crippen LogP contribution is -2.25. The predicted octanol–water partition coefficient (Wildman–Crippen LogP) is 2.29. The van der Waals surface area contributed by atoms with Gasteiger partial charge in [-0.25, -0.2) is 13.2 Å². The number of aromatic nitrogens is 1. The first-order valence-electron chi connectivity index (χ1n) is 7.13. The van der Waals surface area contributed by atoms with Crippen LogP contribution in [-0.2, 0) is 21.2 Å². The van der Waals surface area contributed by atoms with Gasteiger partial charge in [-0.3, -0.25) is 9.36 Å². The number of benzene rings is 2. The number of amides is 1. The number of anilines is 1. The monoisotopic (exact) mass is 380 g/mol. The Labute approximate surface area is 147 Å². The molecule has 3 aromatic rings. The summed E-state index contributed by atoms with van der Waals surface area (Å²) < 4.78 is 29.5. The molecule has 0 saturated heterocycles. The number of nitrogens with one attached hydrogen (secondary N) is 1. The molecule has 130 valence electrons. The van der Waals surface area contributed by atoms with Crippen molar-refractivity contribution < 1.29 is 17.6 Å². The number of fused-ring (bicyclic) bond motifs is 1. The van der Waals surface area contributed by atoms with Crippen molar-refractivity contribution in [3.8, 4) is 0 Å². The van der Waals surface area contributed by atoms with Crippen LogP contribution in [0.1, 0.15) is 0 Å². The van der Waals surface area contributed by atoms with Crippen LogP contribution in [0.25, 0.3) is 11.1 Å². The molecule has 0 atom stereocenters. The van der Waals surface area contributed by atoms with Crippen LogP contribution in [-0.4, -0.2) is 25.1 Å². The van der Waals surface area contributed by atoms with Gasteiger partial charge in [0.15, 0.2) is 15.4 Å². The number of nitrogens with zero attached hydrogens (tertiary/aromatic N) is 1. The van der Waals surface area contributed by atoms with E-state index in [1.807, 2.05) is 0 Å². The summed E-state index contributed by atoms with van der Waals surface area (Å²) in [5.74, 6) is -1.20. The molecule has 1 heterocycles. The van der Waals surface area contributed by atoms with Gasteiger partial charge in [-0.1, -0.05) is 23.7 Å². The Morgan fingerprint density at radius 2 is 1.96 bits per heavy atom. The van der Waals surface area contributed by atoms with Crippen LogP contribution in [0.2, 0.25) is 5.02 Å². The summed E-state index contributed by atoms with van der Waals surface area (Å²) in [4.78, 5) is 24.2. The van der Waals surface area contributed by atoms with Crippen LogP contribution in [0.15, 0.2) is 56.6 Å². The number of carbonyl (C=O) groups is 1. The van der Waals surface area contributed by atoms with Gasteiger partial charge in [0.05, 0.1) is 21.1 Å². The number of sulfone groups is 1. The molecule has 25 heavy (non-hydrogen) atoms. The minimum absolute atomic E-state index is 0.0260. The molecule has 1 N–H and O–H groups in total. The number of hydrogen-bond donors (Lipinski definition) is 1. The van der Waals surface area contributed by atoms with E-state index in [4.69, 9.17) is 16.0 Å². The molecule has 2 aromatic carbocycles. The molecule has 9 heteroatoms. The van der Waals surface area contributed by atoms with Crippen molar-refractivity contribution in [1.29, 1.82) is 0 Å². The maximum atomic E-state index is 12.3. The zero-order chi connectivity index (χ0) is 18.2. The van der Waals surface area contributed by atoms with E-state index in [0.29, 0.717) is 11.1 Å². The van der Waals surface area contributed by atoms with Gasteiger partial charge in [-0.2, -0.15) is 0 Å². The summed E-state index contributed by atoms with van der Waals surface area (Å²) in [5, 5.41) is 2.70. The van der Waals surface area contributed by atoms with Crippen LogP contribution < -0.4 is 11.1 Å². The van der Waals surface area contributed by atoms with Gasteiger partial charge in [0.1, 0.15) is 6.54 Å². The number of rotatable bonds is 4. The second-order valence-electron chi connectivity index (χ2n) is 5.38. The maximum Gasteiger partial charge on any atom is 0.420 e. The molecule has 0 spiro atoms. The van der Waals surface area contributed by atoms with E-state index in [0.717, 1.165) is 6.26 Å². The molecule has 1 aromatic heterocycles. The average Bonchev–Trinajstić information content (AvgIpc) is 2.84. The van der Waals surface area contributed by atoms with E-state index >= 15 is 0 Å². The quantitative estimate of drug-likeness (QED) is 0.748. The van der Waals surface area contributed by atoms with Gasteiger partial charge in [0.25, 0.3) is 0 Å². The highest BCUT2D eigenvalue weighted by atomic mass is 35.5. The van der Waals surface area contributed by atoms with Gasteiger partial charge in [-0.05, 0) is 30.3 Å². The second kappa shape index (κ2) is 6.38. The highest BCUT2D eigenvalue weighted by Gasteiger charge is 2.15. The third kappa shape index (κ3) is 3.59. The van der Waals surface area contributed by atoms with Crippen LogP contribution in [0.4, 0.5) is 5.69 Å². The smallest absolute Gasteiger partial charge is 0.408 e. The summed E-state index contributed by atoms with van der Waals surface area (Å²) >= 11 is 6.00. The van der Waals surface area contributed by atoms with E-state index in [9.17, 15) is 18.0 Å². The van der Waals surface area contributed by atoms with Gasteiger partial charge < -0.3 is 9.73 Å². The van der Waals surface area contributed by atoms with E-state index in [1.54, 1.807) is 24.3 Å². The Balaban J connectivity index is 1.88. The number of halogens is 1. The largest absolute Gasteiger partial charge is 0.420 e. The molecule has 3 rings (SSSR count). The Kier molecular flexibility index (Phi) is 4.40. The topological polar surface area (TPSA) is 98.4 Å². The fourth-order valence-corrected chi connectivity index (χ4v) is 3.14. The first-order valence-corrected chi connectivity index (χ1v) is 9.40.